The summed E-state index contributed by atoms with van der Waals surface area (Å²) in [4.78, 5) is 14.5. The van der Waals surface area contributed by atoms with Crippen LogP contribution in [0.3, 0.4) is 0 Å². The van der Waals surface area contributed by atoms with E-state index >= 15 is 0 Å². The normalized spacial score (nSPS) is 22.3. The Morgan fingerprint density at radius 1 is 1.30 bits per heavy atom. The molecule has 1 N–H and O–H groups in total. The number of hydrogen-bond acceptors (Lipinski definition) is 4. The van der Waals surface area contributed by atoms with Crippen molar-refractivity contribution in [1.82, 2.24) is 10.2 Å². The highest BCUT2D eigenvalue weighted by Crippen LogP contribution is 2.49. The highest BCUT2D eigenvalue weighted by Gasteiger charge is 2.44. The Bertz CT molecular complexity index is 573. The highest BCUT2D eigenvalue weighted by atomic mass is 16.6. The predicted molar refractivity (Wildman–Crippen MR) is 89.1 cm³/mol. The number of carbonyl (C=O) groups excluding carboxylic acids is 1. The zero-order valence-corrected chi connectivity index (χ0v) is 14.2. The monoisotopic (exact) mass is 318 g/mol. The van der Waals surface area contributed by atoms with E-state index in [9.17, 15) is 4.79 Å². The summed E-state index contributed by atoms with van der Waals surface area (Å²) in [5.74, 6) is 2.19. The number of rotatable bonds is 6. The summed E-state index contributed by atoms with van der Waals surface area (Å²) in [7, 11) is 2.08. The summed E-state index contributed by atoms with van der Waals surface area (Å²) in [6.07, 6.45) is 0.922. The molecule has 5 nitrogen and oxygen atoms in total. The van der Waals surface area contributed by atoms with Crippen LogP contribution in [0.2, 0.25) is 0 Å². The van der Waals surface area contributed by atoms with Gasteiger partial charge in [-0.2, -0.15) is 0 Å². The van der Waals surface area contributed by atoms with Crippen LogP contribution < -0.4 is 14.8 Å². The van der Waals surface area contributed by atoms with E-state index in [1.165, 1.54) is 5.56 Å². The number of likely N-dealkylation sites (N-methyl/N-ethyl adjacent to an activating group) is 1. The van der Waals surface area contributed by atoms with Crippen molar-refractivity contribution >= 4 is 5.91 Å². The molecule has 1 heterocycles. The molecule has 23 heavy (non-hydrogen) atoms. The molecule has 0 radical (unpaired) electrons. The van der Waals surface area contributed by atoms with Crippen LogP contribution in [0.4, 0.5) is 0 Å². The maximum atomic E-state index is 12.2. The van der Waals surface area contributed by atoms with Crippen LogP contribution >= 0.6 is 0 Å². The number of fused-ring (bicyclic) bond motifs is 1. The number of carbonyl (C=O) groups is 1. The van der Waals surface area contributed by atoms with Gasteiger partial charge >= 0.3 is 0 Å². The number of nitrogens with one attached hydrogen (secondary N) is 1. The van der Waals surface area contributed by atoms with Crippen molar-refractivity contribution in [1.29, 1.82) is 0 Å². The molecular formula is C18H26N2O3. The lowest BCUT2D eigenvalue weighted by Crippen LogP contribution is -2.36. The van der Waals surface area contributed by atoms with Crippen LogP contribution in [0, 0.1) is 5.92 Å². The van der Waals surface area contributed by atoms with E-state index in [2.05, 4.69) is 37.2 Å². The summed E-state index contributed by atoms with van der Waals surface area (Å²) in [6.45, 7) is 7.09. The van der Waals surface area contributed by atoms with E-state index < -0.39 is 0 Å². The van der Waals surface area contributed by atoms with Gasteiger partial charge < -0.3 is 19.7 Å². The molecule has 1 aliphatic carbocycles. The third-order valence-electron chi connectivity index (χ3n) is 4.77. The molecule has 2 aliphatic rings. The smallest absolute Gasteiger partial charge is 0.223 e. The van der Waals surface area contributed by atoms with Crippen molar-refractivity contribution < 1.29 is 14.3 Å². The number of hydrogen-bond donors (Lipinski definition) is 1. The third kappa shape index (κ3) is 3.78. The van der Waals surface area contributed by atoms with Crippen LogP contribution in [0.1, 0.15) is 31.7 Å². The van der Waals surface area contributed by atoms with Gasteiger partial charge in [0.25, 0.3) is 0 Å². The van der Waals surface area contributed by atoms with E-state index in [0.29, 0.717) is 31.7 Å². The minimum absolute atomic E-state index is 0.0990. The van der Waals surface area contributed by atoms with Gasteiger partial charge in [0, 0.05) is 25.0 Å². The highest BCUT2D eigenvalue weighted by molar-refractivity contribution is 5.83. The minimum Gasteiger partial charge on any atom is -0.486 e. The summed E-state index contributed by atoms with van der Waals surface area (Å²) in [5.41, 5.74) is 1.17. The first-order chi connectivity index (χ1) is 11.1. The first kappa shape index (κ1) is 16.1. The van der Waals surface area contributed by atoms with E-state index in [1.807, 2.05) is 12.1 Å². The lowest BCUT2D eigenvalue weighted by atomic mass is 10.1. The Hall–Kier alpha value is -1.75. The molecule has 0 spiro atoms. The molecular weight excluding hydrogens is 292 g/mol. The fourth-order valence-corrected chi connectivity index (χ4v) is 2.89. The summed E-state index contributed by atoms with van der Waals surface area (Å²) < 4.78 is 11.2. The van der Waals surface area contributed by atoms with E-state index in [4.69, 9.17) is 9.47 Å². The molecule has 1 saturated carbocycles. The van der Waals surface area contributed by atoms with Crippen LogP contribution in [0.25, 0.3) is 0 Å². The quantitative estimate of drug-likeness (QED) is 0.872. The average molecular weight is 318 g/mol. The lowest BCUT2D eigenvalue weighted by Gasteiger charge is -2.21. The molecule has 1 fully saturated rings. The topological polar surface area (TPSA) is 50.8 Å². The predicted octanol–water partition coefficient (Wildman–Crippen LogP) is 2.02. The minimum atomic E-state index is 0.0990. The second-order valence-electron chi connectivity index (χ2n) is 6.72. The molecule has 3 rings (SSSR count). The van der Waals surface area contributed by atoms with E-state index in [-0.39, 0.29) is 11.8 Å². The van der Waals surface area contributed by atoms with Gasteiger partial charge in [0.1, 0.15) is 13.2 Å². The second kappa shape index (κ2) is 6.79. The first-order valence-electron chi connectivity index (χ1n) is 8.43. The van der Waals surface area contributed by atoms with Crippen LogP contribution in [0.5, 0.6) is 11.5 Å². The molecule has 0 aromatic heterocycles. The van der Waals surface area contributed by atoms with Crippen LogP contribution in [0.15, 0.2) is 18.2 Å². The SMILES string of the molecule is CC(C)N(C)CCNC(=O)[C@@H]1C[C@@H]1c1ccc2c(c1)OCCO2. The van der Waals surface area contributed by atoms with Gasteiger partial charge in [-0.3, -0.25) is 4.79 Å². The maximum absolute atomic E-state index is 12.2. The zero-order valence-electron chi connectivity index (χ0n) is 14.2. The molecule has 126 valence electrons. The fraction of sp³-hybridized carbons (Fsp3) is 0.611. The number of amides is 1. The fourth-order valence-electron chi connectivity index (χ4n) is 2.89. The Morgan fingerprint density at radius 3 is 2.78 bits per heavy atom. The van der Waals surface area contributed by atoms with Crippen molar-refractivity contribution in [2.75, 3.05) is 33.4 Å². The zero-order chi connectivity index (χ0) is 16.4. The summed E-state index contributed by atoms with van der Waals surface area (Å²) in [5, 5.41) is 3.06. The average Bonchev–Trinajstić information content (AvgIpc) is 3.34. The Kier molecular flexibility index (Phi) is 4.76. The second-order valence-corrected chi connectivity index (χ2v) is 6.72. The van der Waals surface area contributed by atoms with Gasteiger partial charge in [-0.15, -0.1) is 0 Å². The van der Waals surface area contributed by atoms with Crippen molar-refractivity contribution in [3.8, 4) is 11.5 Å². The standard InChI is InChI=1S/C18H26N2O3/c1-12(2)20(3)7-6-19-18(21)15-11-14(15)13-4-5-16-17(10-13)23-9-8-22-16/h4-5,10,12,14-15H,6-9,11H2,1-3H3,(H,19,21)/t14-,15-/m1/s1. The van der Waals surface area contributed by atoms with Gasteiger partial charge in [-0.25, -0.2) is 0 Å². The van der Waals surface area contributed by atoms with Crippen molar-refractivity contribution in [2.45, 2.75) is 32.2 Å². The molecule has 0 saturated heterocycles. The lowest BCUT2D eigenvalue weighted by molar-refractivity contribution is -0.122. The molecule has 1 aromatic carbocycles. The maximum Gasteiger partial charge on any atom is 0.223 e. The molecule has 0 unspecified atom stereocenters. The van der Waals surface area contributed by atoms with Gasteiger partial charge in [0.2, 0.25) is 5.91 Å². The van der Waals surface area contributed by atoms with Gasteiger partial charge in [-0.1, -0.05) is 6.07 Å². The molecule has 0 bridgehead atoms. The van der Waals surface area contributed by atoms with E-state index in [0.717, 1.165) is 24.5 Å². The van der Waals surface area contributed by atoms with Gasteiger partial charge in [0.05, 0.1) is 0 Å². The van der Waals surface area contributed by atoms with Crippen molar-refractivity contribution in [2.24, 2.45) is 5.92 Å². The van der Waals surface area contributed by atoms with Gasteiger partial charge in [0.15, 0.2) is 11.5 Å². The first-order valence-corrected chi connectivity index (χ1v) is 8.43. The van der Waals surface area contributed by atoms with Crippen molar-refractivity contribution in [3.63, 3.8) is 0 Å². The number of ether oxygens (including phenoxy) is 2. The molecule has 1 amide bonds. The van der Waals surface area contributed by atoms with E-state index in [1.54, 1.807) is 0 Å². The number of benzene rings is 1. The molecule has 2 atom stereocenters. The molecule has 1 aromatic rings. The summed E-state index contributed by atoms with van der Waals surface area (Å²) in [6, 6.07) is 6.53. The number of nitrogens with zero attached hydrogens (tertiary/aromatic N) is 1. The summed E-state index contributed by atoms with van der Waals surface area (Å²) >= 11 is 0. The molecule has 5 heteroatoms. The molecule has 1 aliphatic heterocycles. The van der Waals surface area contributed by atoms with Crippen LogP contribution in [-0.2, 0) is 4.79 Å². The Labute approximate surface area is 137 Å². The van der Waals surface area contributed by atoms with Crippen molar-refractivity contribution in [3.05, 3.63) is 23.8 Å². The van der Waals surface area contributed by atoms with Crippen LogP contribution in [-0.4, -0.2) is 50.2 Å². The Morgan fingerprint density at radius 2 is 2.04 bits per heavy atom. The third-order valence-corrected chi connectivity index (χ3v) is 4.77. The largest absolute Gasteiger partial charge is 0.486 e. The van der Waals surface area contributed by atoms with Gasteiger partial charge in [-0.05, 0) is 50.9 Å². The Balaban J connectivity index is 1.50.